The first-order chi connectivity index (χ1) is 17.8. The minimum absolute atomic E-state index is 0.0432. The maximum atomic E-state index is 13.3. The van der Waals surface area contributed by atoms with Crippen LogP contribution in [0.3, 0.4) is 0 Å². The van der Waals surface area contributed by atoms with Crippen LogP contribution < -0.4 is 20.1 Å². The van der Waals surface area contributed by atoms with Crippen LogP contribution in [0.15, 0.2) is 71.6 Å². The Morgan fingerprint density at radius 1 is 0.946 bits per heavy atom. The van der Waals surface area contributed by atoms with E-state index in [1.807, 2.05) is 6.92 Å². The zero-order valence-electron chi connectivity index (χ0n) is 20.4. The van der Waals surface area contributed by atoms with Gasteiger partial charge in [-0.25, -0.2) is 18.4 Å². The van der Waals surface area contributed by atoms with Crippen molar-refractivity contribution in [1.29, 1.82) is 0 Å². The van der Waals surface area contributed by atoms with E-state index >= 15 is 0 Å². The van der Waals surface area contributed by atoms with Crippen LogP contribution >= 0.6 is 0 Å². The molecule has 0 saturated carbocycles. The number of carbonyl (C=O) groups is 1. The predicted octanol–water partition coefficient (Wildman–Crippen LogP) is 5.02. The summed E-state index contributed by atoms with van der Waals surface area (Å²) in [6.07, 6.45) is 1.98. The van der Waals surface area contributed by atoms with Gasteiger partial charge in [0, 0.05) is 36.0 Å². The van der Waals surface area contributed by atoms with E-state index in [9.17, 15) is 18.3 Å². The molecular weight excluding hydrogens is 494 g/mol. The van der Waals surface area contributed by atoms with Crippen LogP contribution in [0.1, 0.15) is 26.2 Å². The molecule has 4 rings (SSSR count). The highest BCUT2D eigenvalue weighted by Gasteiger charge is 2.20. The van der Waals surface area contributed by atoms with Crippen LogP contribution in [0.5, 0.6) is 11.5 Å². The third-order valence-electron chi connectivity index (χ3n) is 5.38. The third kappa shape index (κ3) is 6.44. The van der Waals surface area contributed by atoms with Crippen molar-refractivity contribution in [3.05, 3.63) is 66.7 Å². The van der Waals surface area contributed by atoms with Crippen LogP contribution in [0.4, 0.5) is 23.0 Å². The van der Waals surface area contributed by atoms with Crippen LogP contribution in [0.25, 0.3) is 11.0 Å². The lowest BCUT2D eigenvalue weighted by Gasteiger charge is -2.15. The van der Waals surface area contributed by atoms with Gasteiger partial charge in [0.25, 0.3) is 10.0 Å². The normalized spacial score (nSPS) is 11.2. The Hall–Kier alpha value is -4.38. The lowest BCUT2D eigenvalue weighted by molar-refractivity contribution is -0.116. The molecule has 1 amide bonds. The number of methoxy groups -OCH3 is 1. The summed E-state index contributed by atoms with van der Waals surface area (Å²) in [7, 11) is -2.64. The molecule has 10 nitrogen and oxygen atoms in total. The molecule has 0 atom stereocenters. The Morgan fingerprint density at radius 2 is 1.68 bits per heavy atom. The molecule has 0 aliphatic heterocycles. The fraction of sp³-hybridized carbons (Fsp3) is 0.192. The minimum atomic E-state index is -4.11. The fourth-order valence-corrected chi connectivity index (χ4v) is 4.61. The summed E-state index contributed by atoms with van der Waals surface area (Å²) < 4.78 is 34.4. The summed E-state index contributed by atoms with van der Waals surface area (Å²) in [6.45, 7) is 1.99. The van der Waals surface area contributed by atoms with Crippen molar-refractivity contribution < 1.29 is 23.1 Å². The average molecular weight is 522 g/mol. The number of fused-ring (bicyclic) bond motifs is 1. The van der Waals surface area contributed by atoms with Crippen molar-refractivity contribution in [2.75, 3.05) is 22.5 Å². The summed E-state index contributed by atoms with van der Waals surface area (Å²) in [6, 6.07) is 17.5. The van der Waals surface area contributed by atoms with E-state index in [1.165, 1.54) is 31.4 Å². The number of rotatable bonds is 10. The number of sulfonamides is 1. The zero-order valence-corrected chi connectivity index (χ0v) is 21.2. The first-order valence-corrected chi connectivity index (χ1v) is 13.1. The summed E-state index contributed by atoms with van der Waals surface area (Å²) in [4.78, 5) is 21.1. The highest BCUT2D eigenvalue weighted by atomic mass is 32.2. The first-order valence-electron chi connectivity index (χ1n) is 11.6. The van der Waals surface area contributed by atoms with Gasteiger partial charge in [-0.2, -0.15) is 0 Å². The maximum absolute atomic E-state index is 13.3. The summed E-state index contributed by atoms with van der Waals surface area (Å²) in [5, 5.41) is 15.8. The molecule has 192 valence electrons. The van der Waals surface area contributed by atoms with E-state index in [2.05, 4.69) is 25.3 Å². The van der Waals surface area contributed by atoms with E-state index in [4.69, 9.17) is 4.74 Å². The van der Waals surface area contributed by atoms with Crippen molar-refractivity contribution in [3.63, 3.8) is 0 Å². The van der Waals surface area contributed by atoms with E-state index in [-0.39, 0.29) is 28.2 Å². The molecule has 0 aliphatic rings. The van der Waals surface area contributed by atoms with Gasteiger partial charge < -0.3 is 20.5 Å². The second-order valence-corrected chi connectivity index (χ2v) is 9.92. The number of phenolic OH excluding ortho intramolecular Hbond substituents is 1. The summed E-state index contributed by atoms with van der Waals surface area (Å²) in [5.74, 6) is 0.252. The molecule has 4 N–H and O–H groups in total. The molecule has 0 radical (unpaired) electrons. The predicted molar refractivity (Wildman–Crippen MR) is 143 cm³/mol. The molecule has 0 saturated heterocycles. The molecule has 37 heavy (non-hydrogen) atoms. The van der Waals surface area contributed by atoms with Crippen LogP contribution in [-0.2, 0) is 14.8 Å². The van der Waals surface area contributed by atoms with Gasteiger partial charge >= 0.3 is 0 Å². The highest BCUT2D eigenvalue weighted by Crippen LogP contribution is 2.31. The molecule has 1 heterocycles. The first kappa shape index (κ1) is 25.7. The van der Waals surface area contributed by atoms with E-state index in [0.717, 1.165) is 12.8 Å². The number of para-hydroxylation sites is 2. The third-order valence-corrected chi connectivity index (χ3v) is 6.71. The maximum Gasteiger partial charge on any atom is 0.263 e. The number of amides is 1. The van der Waals surface area contributed by atoms with Gasteiger partial charge in [-0.1, -0.05) is 31.5 Å². The van der Waals surface area contributed by atoms with E-state index in [1.54, 1.807) is 42.5 Å². The number of carbonyl (C=O) groups excluding carboxylic acids is 1. The van der Waals surface area contributed by atoms with Crippen molar-refractivity contribution in [2.24, 2.45) is 0 Å². The Labute approximate surface area is 214 Å². The second kappa shape index (κ2) is 11.1. The standard InChI is InChI=1S/C26H27N5O5S/c1-3-4-12-24(33)27-17-8-7-9-21(15-17)37(34,35)31-26-25(29-22-10-5-6-11-23(22)30-26)28-18-13-19(32)16-20(14-18)36-2/h5-11,13-16,32H,3-4,12H2,1-2H3,(H,27,33)(H,28,29)(H,30,31). The van der Waals surface area contributed by atoms with Gasteiger partial charge in [0.1, 0.15) is 11.5 Å². The van der Waals surface area contributed by atoms with E-state index in [0.29, 0.717) is 34.6 Å². The highest BCUT2D eigenvalue weighted by molar-refractivity contribution is 7.92. The number of anilines is 4. The van der Waals surface area contributed by atoms with Crippen LogP contribution in [0.2, 0.25) is 0 Å². The number of phenols is 1. The second-order valence-electron chi connectivity index (χ2n) is 8.24. The monoisotopic (exact) mass is 521 g/mol. The molecule has 1 aromatic heterocycles. The largest absolute Gasteiger partial charge is 0.508 e. The van der Waals surface area contributed by atoms with Gasteiger partial charge in [-0.3, -0.25) is 9.52 Å². The SMILES string of the molecule is CCCCC(=O)Nc1cccc(S(=O)(=O)Nc2nc3ccccc3nc2Nc2cc(O)cc(OC)c2)c1. The van der Waals surface area contributed by atoms with Crippen LogP contribution in [-0.4, -0.2) is 36.5 Å². The Morgan fingerprint density at radius 3 is 2.38 bits per heavy atom. The minimum Gasteiger partial charge on any atom is -0.508 e. The lowest BCUT2D eigenvalue weighted by Crippen LogP contribution is -2.17. The number of hydrogen-bond acceptors (Lipinski definition) is 8. The van der Waals surface area contributed by atoms with Crippen LogP contribution in [0, 0.1) is 0 Å². The molecule has 4 aromatic rings. The van der Waals surface area contributed by atoms with Crippen molar-refractivity contribution in [2.45, 2.75) is 31.1 Å². The summed E-state index contributed by atoms with van der Waals surface area (Å²) >= 11 is 0. The molecule has 3 aromatic carbocycles. The zero-order chi connectivity index (χ0) is 26.4. The Bertz CT molecular complexity index is 1540. The number of aromatic hydroxyl groups is 1. The number of nitrogens with one attached hydrogen (secondary N) is 3. The average Bonchev–Trinajstić information content (AvgIpc) is 2.87. The smallest absolute Gasteiger partial charge is 0.263 e. The number of hydrogen-bond donors (Lipinski definition) is 4. The van der Waals surface area contributed by atoms with Crippen molar-refractivity contribution >= 4 is 50.0 Å². The van der Waals surface area contributed by atoms with Gasteiger partial charge in [0.15, 0.2) is 11.6 Å². The Balaban J connectivity index is 1.68. The van der Waals surface area contributed by atoms with Crippen molar-refractivity contribution in [1.82, 2.24) is 9.97 Å². The lowest BCUT2D eigenvalue weighted by atomic mass is 10.2. The quantitative estimate of drug-likeness (QED) is 0.228. The Kier molecular flexibility index (Phi) is 7.73. The molecule has 0 bridgehead atoms. The fourth-order valence-electron chi connectivity index (χ4n) is 3.56. The van der Waals surface area contributed by atoms with Gasteiger partial charge in [-0.05, 0) is 36.8 Å². The molecule has 0 unspecified atom stereocenters. The molecular formula is C26H27N5O5S. The van der Waals surface area contributed by atoms with Gasteiger partial charge in [0.2, 0.25) is 5.91 Å². The van der Waals surface area contributed by atoms with E-state index < -0.39 is 10.0 Å². The number of benzene rings is 3. The topological polar surface area (TPSA) is 143 Å². The van der Waals surface area contributed by atoms with Gasteiger partial charge in [-0.15, -0.1) is 0 Å². The number of aromatic nitrogens is 2. The molecule has 0 fully saturated rings. The molecule has 0 spiro atoms. The number of ether oxygens (including phenoxy) is 1. The van der Waals surface area contributed by atoms with Gasteiger partial charge in [0.05, 0.1) is 23.0 Å². The molecule has 0 aliphatic carbocycles. The summed E-state index contributed by atoms with van der Waals surface area (Å²) in [5.41, 5.74) is 1.81. The molecule has 11 heteroatoms. The number of nitrogens with zero attached hydrogens (tertiary/aromatic N) is 2. The number of unbranched alkanes of at least 4 members (excludes halogenated alkanes) is 1. The van der Waals surface area contributed by atoms with Crippen molar-refractivity contribution in [3.8, 4) is 11.5 Å².